The Bertz CT molecular complexity index is 696. The summed E-state index contributed by atoms with van der Waals surface area (Å²) in [6, 6.07) is 11.7. The van der Waals surface area contributed by atoms with E-state index < -0.39 is 11.8 Å². The maximum absolute atomic E-state index is 11.9. The zero-order chi connectivity index (χ0) is 15.4. The van der Waals surface area contributed by atoms with E-state index in [0.29, 0.717) is 5.69 Å². The number of amides is 2. The van der Waals surface area contributed by atoms with Crippen molar-refractivity contribution in [3.05, 3.63) is 53.6 Å². The number of aryl methyl sites for hydroxylation is 2. The predicted octanol–water partition coefficient (Wildman–Crippen LogP) is 2.59. The number of hydrogen-bond donors (Lipinski definition) is 3. The van der Waals surface area contributed by atoms with Crippen LogP contribution in [0.25, 0.3) is 0 Å². The van der Waals surface area contributed by atoms with E-state index in [1.54, 1.807) is 18.2 Å². The maximum Gasteiger partial charge on any atom is 0.314 e. The topological polar surface area (TPSA) is 78.4 Å². The number of phenols is 1. The van der Waals surface area contributed by atoms with Gasteiger partial charge in [-0.3, -0.25) is 9.59 Å². The fraction of sp³-hybridized carbons (Fsp3) is 0.125. The Morgan fingerprint density at radius 1 is 0.905 bits per heavy atom. The first-order valence-corrected chi connectivity index (χ1v) is 6.45. The van der Waals surface area contributed by atoms with Gasteiger partial charge in [-0.05, 0) is 37.6 Å². The van der Waals surface area contributed by atoms with Crippen LogP contribution in [0, 0.1) is 13.8 Å². The van der Waals surface area contributed by atoms with Gasteiger partial charge in [0.2, 0.25) is 0 Å². The number of carbonyl (C=O) groups excluding carboxylic acids is 2. The van der Waals surface area contributed by atoms with Crippen LogP contribution in [0.3, 0.4) is 0 Å². The van der Waals surface area contributed by atoms with Gasteiger partial charge in [0.1, 0.15) is 5.75 Å². The van der Waals surface area contributed by atoms with E-state index in [9.17, 15) is 14.7 Å². The number of aromatic hydroxyl groups is 1. The number of anilines is 2. The van der Waals surface area contributed by atoms with Crippen molar-refractivity contribution >= 4 is 23.2 Å². The summed E-state index contributed by atoms with van der Waals surface area (Å²) >= 11 is 0. The van der Waals surface area contributed by atoms with Gasteiger partial charge in [0.25, 0.3) is 0 Å². The summed E-state index contributed by atoms with van der Waals surface area (Å²) in [6.45, 7) is 3.80. The molecule has 0 saturated heterocycles. The number of carbonyl (C=O) groups is 2. The average molecular weight is 284 g/mol. The molecule has 2 aromatic rings. The molecular weight excluding hydrogens is 268 g/mol. The van der Waals surface area contributed by atoms with Crippen LogP contribution >= 0.6 is 0 Å². The van der Waals surface area contributed by atoms with Gasteiger partial charge in [0.15, 0.2) is 0 Å². The normalized spacial score (nSPS) is 10.0. The highest BCUT2D eigenvalue weighted by molar-refractivity contribution is 6.43. The molecule has 0 heterocycles. The summed E-state index contributed by atoms with van der Waals surface area (Å²) in [6.07, 6.45) is 0. The molecule has 0 aliphatic carbocycles. The monoisotopic (exact) mass is 284 g/mol. The third-order valence-electron chi connectivity index (χ3n) is 2.99. The lowest BCUT2D eigenvalue weighted by Gasteiger charge is -2.10. The maximum atomic E-state index is 11.9. The van der Waals surface area contributed by atoms with Crippen LogP contribution in [-0.2, 0) is 9.59 Å². The number of nitrogens with one attached hydrogen (secondary N) is 2. The van der Waals surface area contributed by atoms with Crippen LogP contribution in [0.15, 0.2) is 42.5 Å². The zero-order valence-corrected chi connectivity index (χ0v) is 11.8. The summed E-state index contributed by atoms with van der Waals surface area (Å²) in [5, 5.41) is 14.5. The van der Waals surface area contributed by atoms with E-state index in [0.717, 1.165) is 11.1 Å². The summed E-state index contributed by atoms with van der Waals surface area (Å²) in [4.78, 5) is 23.7. The van der Waals surface area contributed by atoms with Crippen LogP contribution in [0.4, 0.5) is 11.4 Å². The van der Waals surface area contributed by atoms with Crippen LogP contribution in [0.5, 0.6) is 5.75 Å². The van der Waals surface area contributed by atoms with Crippen molar-refractivity contribution in [3.8, 4) is 5.75 Å². The quantitative estimate of drug-likeness (QED) is 0.586. The number of phenolic OH excluding ortho intramolecular Hbond substituents is 1. The molecule has 0 aliphatic rings. The third kappa shape index (κ3) is 3.60. The first-order valence-electron chi connectivity index (χ1n) is 6.45. The molecule has 0 saturated carbocycles. The smallest absolute Gasteiger partial charge is 0.314 e. The van der Waals surface area contributed by atoms with Gasteiger partial charge in [-0.2, -0.15) is 0 Å². The summed E-state index contributed by atoms with van der Waals surface area (Å²) < 4.78 is 0. The molecule has 3 N–H and O–H groups in total. The van der Waals surface area contributed by atoms with E-state index in [-0.39, 0.29) is 11.4 Å². The Morgan fingerprint density at radius 2 is 1.52 bits per heavy atom. The highest BCUT2D eigenvalue weighted by Crippen LogP contribution is 2.21. The standard InChI is InChI=1S/C16H16N2O3/c1-10-7-8-12(11(2)9-10)17-15(20)16(21)18-13-5-3-4-6-14(13)19/h3-9,19H,1-2H3,(H,17,20)(H,18,21). The van der Waals surface area contributed by atoms with Crippen molar-refractivity contribution < 1.29 is 14.7 Å². The van der Waals surface area contributed by atoms with Gasteiger partial charge < -0.3 is 15.7 Å². The van der Waals surface area contributed by atoms with Gasteiger partial charge in [-0.1, -0.05) is 29.8 Å². The molecule has 0 aliphatic heterocycles. The van der Waals surface area contributed by atoms with E-state index in [1.807, 2.05) is 26.0 Å². The highest BCUT2D eigenvalue weighted by atomic mass is 16.3. The molecule has 0 bridgehead atoms. The summed E-state index contributed by atoms with van der Waals surface area (Å²) in [5.41, 5.74) is 2.72. The van der Waals surface area contributed by atoms with Crippen LogP contribution < -0.4 is 10.6 Å². The molecule has 0 spiro atoms. The zero-order valence-electron chi connectivity index (χ0n) is 11.8. The molecule has 2 aromatic carbocycles. The fourth-order valence-electron chi connectivity index (χ4n) is 1.89. The summed E-state index contributed by atoms with van der Waals surface area (Å²) in [5.74, 6) is -1.72. The number of para-hydroxylation sites is 2. The third-order valence-corrected chi connectivity index (χ3v) is 2.99. The number of hydrogen-bond acceptors (Lipinski definition) is 3. The molecule has 0 fully saturated rings. The van der Waals surface area contributed by atoms with E-state index in [1.165, 1.54) is 12.1 Å². The molecular formula is C16H16N2O3. The highest BCUT2D eigenvalue weighted by Gasteiger charge is 2.16. The van der Waals surface area contributed by atoms with Crippen molar-refractivity contribution in [2.45, 2.75) is 13.8 Å². The average Bonchev–Trinajstić information content (AvgIpc) is 2.44. The van der Waals surface area contributed by atoms with Crippen molar-refractivity contribution in [2.24, 2.45) is 0 Å². The largest absolute Gasteiger partial charge is 0.506 e. The van der Waals surface area contributed by atoms with Crippen LogP contribution in [-0.4, -0.2) is 16.9 Å². The molecule has 2 amide bonds. The Morgan fingerprint density at radius 3 is 2.14 bits per heavy atom. The minimum absolute atomic E-state index is 0.0924. The molecule has 0 aromatic heterocycles. The second kappa shape index (κ2) is 6.09. The van der Waals surface area contributed by atoms with Crippen molar-refractivity contribution in [2.75, 3.05) is 10.6 Å². The lowest BCUT2D eigenvalue weighted by atomic mass is 10.1. The molecule has 5 heteroatoms. The molecule has 0 atom stereocenters. The van der Waals surface area contributed by atoms with Gasteiger partial charge in [0.05, 0.1) is 5.69 Å². The fourth-order valence-corrected chi connectivity index (χ4v) is 1.89. The first-order chi connectivity index (χ1) is 9.97. The Labute approximate surface area is 122 Å². The molecule has 0 radical (unpaired) electrons. The SMILES string of the molecule is Cc1ccc(NC(=O)C(=O)Nc2ccccc2O)c(C)c1. The molecule has 0 unspecified atom stereocenters. The second-order valence-corrected chi connectivity index (χ2v) is 4.74. The molecule has 2 rings (SSSR count). The lowest BCUT2D eigenvalue weighted by Crippen LogP contribution is -2.29. The van der Waals surface area contributed by atoms with E-state index in [2.05, 4.69) is 10.6 Å². The van der Waals surface area contributed by atoms with Crippen molar-refractivity contribution in [3.63, 3.8) is 0 Å². The van der Waals surface area contributed by atoms with Crippen molar-refractivity contribution in [1.29, 1.82) is 0 Å². The Hall–Kier alpha value is -2.82. The van der Waals surface area contributed by atoms with Gasteiger partial charge in [-0.15, -0.1) is 0 Å². The number of benzene rings is 2. The van der Waals surface area contributed by atoms with Gasteiger partial charge in [0, 0.05) is 5.69 Å². The van der Waals surface area contributed by atoms with E-state index >= 15 is 0 Å². The Kier molecular flexibility index (Phi) is 4.23. The Balaban J connectivity index is 2.06. The predicted molar refractivity (Wildman–Crippen MR) is 81.3 cm³/mol. The minimum atomic E-state index is -0.837. The second-order valence-electron chi connectivity index (χ2n) is 4.74. The van der Waals surface area contributed by atoms with Crippen molar-refractivity contribution in [1.82, 2.24) is 0 Å². The van der Waals surface area contributed by atoms with Gasteiger partial charge in [-0.25, -0.2) is 0 Å². The molecule has 21 heavy (non-hydrogen) atoms. The van der Waals surface area contributed by atoms with Crippen LogP contribution in [0.1, 0.15) is 11.1 Å². The lowest BCUT2D eigenvalue weighted by molar-refractivity contribution is -0.133. The molecule has 108 valence electrons. The van der Waals surface area contributed by atoms with E-state index in [4.69, 9.17) is 0 Å². The van der Waals surface area contributed by atoms with Gasteiger partial charge >= 0.3 is 11.8 Å². The van der Waals surface area contributed by atoms with Crippen LogP contribution in [0.2, 0.25) is 0 Å². The number of rotatable bonds is 2. The minimum Gasteiger partial charge on any atom is -0.506 e. The first kappa shape index (κ1) is 14.6. The molecule has 5 nitrogen and oxygen atoms in total. The summed E-state index contributed by atoms with van der Waals surface area (Å²) in [7, 11) is 0.